The Kier molecular flexibility index (Phi) is 5.95. The van der Waals surface area contributed by atoms with E-state index in [2.05, 4.69) is 10.1 Å². The van der Waals surface area contributed by atoms with E-state index in [9.17, 15) is 4.79 Å². The number of rotatable bonds is 8. The molecule has 0 bridgehead atoms. The average molecular weight is 440 g/mol. The van der Waals surface area contributed by atoms with Gasteiger partial charge in [0.15, 0.2) is 0 Å². The van der Waals surface area contributed by atoms with Crippen LogP contribution in [-0.4, -0.2) is 31.9 Å². The molecule has 2 heterocycles. The van der Waals surface area contributed by atoms with Gasteiger partial charge in [-0.2, -0.15) is 4.98 Å². The van der Waals surface area contributed by atoms with Crippen LogP contribution in [0.4, 0.5) is 0 Å². The number of carbonyl (C=O) groups is 1. The molecule has 0 spiro atoms. The second kappa shape index (κ2) is 8.81. The minimum Gasteiger partial charge on any atom is -0.489 e. The first-order chi connectivity index (χ1) is 14.9. The summed E-state index contributed by atoms with van der Waals surface area (Å²) in [5, 5.41) is 14.5. The number of aliphatic carboxylic acids is 1. The fraction of sp³-hybridized carbons (Fsp3) is 0.261. The van der Waals surface area contributed by atoms with Crippen molar-refractivity contribution in [2.24, 2.45) is 0 Å². The monoisotopic (exact) mass is 439 g/mol. The van der Waals surface area contributed by atoms with Crippen LogP contribution in [0.15, 0.2) is 53.2 Å². The molecule has 0 saturated heterocycles. The number of hydrogen-bond donors (Lipinski definition) is 1. The first kappa shape index (κ1) is 20.9. The molecule has 31 heavy (non-hydrogen) atoms. The molecule has 4 aromatic rings. The van der Waals surface area contributed by atoms with Gasteiger partial charge in [-0.3, -0.25) is 4.79 Å². The van der Waals surface area contributed by atoms with E-state index in [1.807, 2.05) is 54.9 Å². The van der Waals surface area contributed by atoms with E-state index >= 15 is 0 Å². The van der Waals surface area contributed by atoms with Crippen molar-refractivity contribution >= 4 is 28.5 Å². The zero-order valence-corrected chi connectivity index (χ0v) is 18.0. The van der Waals surface area contributed by atoms with Crippen LogP contribution in [0.1, 0.15) is 26.7 Å². The molecule has 8 heteroatoms. The summed E-state index contributed by atoms with van der Waals surface area (Å²) in [5.74, 6) is 0.656. The van der Waals surface area contributed by atoms with Crippen LogP contribution in [0.3, 0.4) is 0 Å². The third kappa shape index (κ3) is 4.56. The molecule has 0 saturated carbocycles. The molecule has 160 valence electrons. The molecule has 2 aromatic carbocycles. The van der Waals surface area contributed by atoms with E-state index in [1.54, 1.807) is 12.1 Å². The molecule has 4 rings (SSSR count). The topological polar surface area (TPSA) is 90.4 Å². The fourth-order valence-corrected chi connectivity index (χ4v) is 3.67. The summed E-state index contributed by atoms with van der Waals surface area (Å²) in [7, 11) is 0. The van der Waals surface area contributed by atoms with Crippen molar-refractivity contribution in [2.45, 2.75) is 39.3 Å². The van der Waals surface area contributed by atoms with Crippen LogP contribution in [0.25, 0.3) is 33.7 Å². The lowest BCUT2D eigenvalue weighted by Gasteiger charge is -2.11. The second-order valence-corrected chi connectivity index (χ2v) is 7.89. The summed E-state index contributed by atoms with van der Waals surface area (Å²) in [4.78, 5) is 15.3. The molecular weight excluding hydrogens is 418 g/mol. The van der Waals surface area contributed by atoms with E-state index in [0.29, 0.717) is 41.0 Å². The first-order valence-electron chi connectivity index (χ1n) is 10.0. The van der Waals surface area contributed by atoms with E-state index in [0.717, 1.165) is 16.5 Å². The highest BCUT2D eigenvalue weighted by atomic mass is 35.5. The summed E-state index contributed by atoms with van der Waals surface area (Å²) < 4.78 is 13.2. The standard InChI is InChI=1S/C23H22ClN3O4/c1-14(2)30-20-9-8-15(13-18(20)24)23-25-22(26-31-23)17-5-3-6-19-16(17)10-12-27(19)11-4-7-21(28)29/h3,5-6,8-10,12-14H,4,7,11H2,1-2H3,(H,28,29). The van der Waals surface area contributed by atoms with Gasteiger partial charge in [-0.05, 0) is 50.6 Å². The van der Waals surface area contributed by atoms with Gasteiger partial charge in [-0.15, -0.1) is 0 Å². The number of benzene rings is 2. The van der Waals surface area contributed by atoms with Crippen LogP contribution >= 0.6 is 11.6 Å². The number of aromatic nitrogens is 3. The minimum atomic E-state index is -0.791. The Morgan fingerprint density at radius 1 is 1.26 bits per heavy atom. The first-order valence-corrected chi connectivity index (χ1v) is 10.4. The average Bonchev–Trinajstić information content (AvgIpc) is 3.36. The molecule has 0 atom stereocenters. The number of aryl methyl sites for hydroxylation is 1. The number of halogens is 1. The van der Waals surface area contributed by atoms with Crippen LogP contribution in [0, 0.1) is 0 Å². The van der Waals surface area contributed by atoms with Crippen molar-refractivity contribution in [2.75, 3.05) is 0 Å². The highest BCUT2D eigenvalue weighted by Crippen LogP contribution is 2.33. The maximum absolute atomic E-state index is 10.8. The van der Waals surface area contributed by atoms with Crippen molar-refractivity contribution < 1.29 is 19.2 Å². The Bertz CT molecular complexity index is 1230. The molecule has 0 radical (unpaired) electrons. The predicted molar refractivity (Wildman–Crippen MR) is 118 cm³/mol. The normalized spacial score (nSPS) is 11.4. The lowest BCUT2D eigenvalue weighted by Crippen LogP contribution is -2.05. The van der Waals surface area contributed by atoms with Crippen molar-refractivity contribution in [1.29, 1.82) is 0 Å². The van der Waals surface area contributed by atoms with Gasteiger partial charge >= 0.3 is 5.97 Å². The third-order valence-electron chi connectivity index (χ3n) is 4.81. The van der Waals surface area contributed by atoms with Gasteiger partial charge in [-0.25, -0.2) is 0 Å². The maximum atomic E-state index is 10.8. The van der Waals surface area contributed by atoms with Crippen molar-refractivity contribution in [3.8, 4) is 28.6 Å². The Hall–Kier alpha value is -3.32. The predicted octanol–water partition coefficient (Wildman–Crippen LogP) is 5.66. The number of ether oxygens (including phenoxy) is 1. The fourth-order valence-electron chi connectivity index (χ4n) is 3.45. The van der Waals surface area contributed by atoms with E-state index in [1.165, 1.54) is 0 Å². The van der Waals surface area contributed by atoms with Crippen LogP contribution < -0.4 is 4.74 Å². The van der Waals surface area contributed by atoms with Gasteiger partial charge in [0, 0.05) is 41.2 Å². The summed E-state index contributed by atoms with van der Waals surface area (Å²) in [5.41, 5.74) is 2.54. The molecule has 7 nitrogen and oxygen atoms in total. The van der Waals surface area contributed by atoms with Gasteiger partial charge in [0.2, 0.25) is 5.82 Å². The van der Waals surface area contributed by atoms with Crippen LogP contribution in [-0.2, 0) is 11.3 Å². The second-order valence-electron chi connectivity index (χ2n) is 7.48. The summed E-state index contributed by atoms with van der Waals surface area (Å²) in [6, 6.07) is 13.2. The molecule has 0 amide bonds. The number of nitrogens with zero attached hydrogens (tertiary/aromatic N) is 3. The highest BCUT2D eigenvalue weighted by Gasteiger charge is 2.16. The van der Waals surface area contributed by atoms with Crippen LogP contribution in [0.2, 0.25) is 5.02 Å². The maximum Gasteiger partial charge on any atom is 0.303 e. The molecule has 0 aliphatic heterocycles. The third-order valence-corrected chi connectivity index (χ3v) is 5.11. The Labute approximate surface area is 184 Å². The Morgan fingerprint density at radius 3 is 2.84 bits per heavy atom. The molecule has 2 aromatic heterocycles. The zero-order valence-electron chi connectivity index (χ0n) is 17.2. The molecule has 1 N–H and O–H groups in total. The number of carboxylic acids is 1. The van der Waals surface area contributed by atoms with E-state index in [4.69, 9.17) is 26.0 Å². The Balaban J connectivity index is 1.61. The van der Waals surface area contributed by atoms with Crippen molar-refractivity contribution in [3.63, 3.8) is 0 Å². The van der Waals surface area contributed by atoms with Gasteiger partial charge in [0.25, 0.3) is 5.89 Å². The molecular formula is C23H22ClN3O4. The smallest absolute Gasteiger partial charge is 0.303 e. The van der Waals surface area contributed by atoms with Crippen LogP contribution in [0.5, 0.6) is 5.75 Å². The summed E-state index contributed by atoms with van der Waals surface area (Å²) in [6.45, 7) is 4.50. The van der Waals surface area contributed by atoms with Gasteiger partial charge in [-0.1, -0.05) is 28.9 Å². The lowest BCUT2D eigenvalue weighted by molar-refractivity contribution is -0.137. The van der Waals surface area contributed by atoms with E-state index < -0.39 is 5.97 Å². The molecule has 0 aliphatic carbocycles. The number of carboxylic acid groups (broad SMARTS) is 1. The van der Waals surface area contributed by atoms with Gasteiger partial charge in [0.1, 0.15) is 5.75 Å². The number of fused-ring (bicyclic) bond motifs is 1. The molecule has 0 fully saturated rings. The largest absolute Gasteiger partial charge is 0.489 e. The molecule has 0 aliphatic rings. The highest BCUT2D eigenvalue weighted by molar-refractivity contribution is 6.32. The van der Waals surface area contributed by atoms with Crippen molar-refractivity contribution in [1.82, 2.24) is 14.7 Å². The SMILES string of the molecule is CC(C)Oc1ccc(-c2nc(-c3cccc4c3ccn4CCCC(=O)O)no2)cc1Cl. The van der Waals surface area contributed by atoms with Gasteiger partial charge < -0.3 is 18.9 Å². The number of hydrogen-bond acceptors (Lipinski definition) is 5. The summed E-state index contributed by atoms with van der Waals surface area (Å²) in [6.07, 6.45) is 2.67. The quantitative estimate of drug-likeness (QED) is 0.380. The van der Waals surface area contributed by atoms with Crippen molar-refractivity contribution in [3.05, 3.63) is 53.7 Å². The lowest BCUT2D eigenvalue weighted by atomic mass is 10.1. The molecule has 0 unspecified atom stereocenters. The zero-order chi connectivity index (χ0) is 22.0. The minimum absolute atomic E-state index is 0.0234. The van der Waals surface area contributed by atoms with E-state index in [-0.39, 0.29) is 12.5 Å². The Morgan fingerprint density at radius 2 is 2.10 bits per heavy atom. The van der Waals surface area contributed by atoms with Gasteiger partial charge in [0.05, 0.1) is 11.1 Å². The summed E-state index contributed by atoms with van der Waals surface area (Å²) >= 11 is 6.33.